The summed E-state index contributed by atoms with van der Waals surface area (Å²) in [4.78, 5) is 23.3. The molecule has 0 N–H and O–H groups in total. The van der Waals surface area contributed by atoms with Crippen LogP contribution in [0.5, 0.6) is 11.5 Å². The van der Waals surface area contributed by atoms with Crippen molar-refractivity contribution < 1.29 is 14.3 Å². The van der Waals surface area contributed by atoms with Crippen molar-refractivity contribution in [1.82, 2.24) is 19.4 Å². The minimum Gasteiger partial charge on any atom is -0.497 e. The van der Waals surface area contributed by atoms with Crippen LogP contribution < -0.4 is 9.47 Å². The second-order valence-electron chi connectivity index (χ2n) is 7.07. The highest BCUT2D eigenvalue weighted by Gasteiger charge is 2.17. The lowest BCUT2D eigenvalue weighted by atomic mass is 10.3. The highest BCUT2D eigenvalue weighted by Crippen LogP contribution is 2.19. The Morgan fingerprint density at radius 3 is 2.48 bits per heavy atom. The van der Waals surface area contributed by atoms with E-state index in [1.807, 2.05) is 48.5 Å². The summed E-state index contributed by atoms with van der Waals surface area (Å²) in [5.74, 6) is 2.21. The predicted molar refractivity (Wildman–Crippen MR) is 118 cm³/mol. The lowest BCUT2D eigenvalue weighted by Crippen LogP contribution is -2.28. The molecule has 0 aliphatic rings. The van der Waals surface area contributed by atoms with Gasteiger partial charge < -0.3 is 18.9 Å². The molecule has 2 aromatic carbocycles. The van der Waals surface area contributed by atoms with Gasteiger partial charge in [0.15, 0.2) is 0 Å². The zero-order valence-electron chi connectivity index (χ0n) is 17.6. The summed E-state index contributed by atoms with van der Waals surface area (Å²) >= 11 is 0. The Morgan fingerprint density at radius 1 is 1.00 bits per heavy atom. The summed E-state index contributed by atoms with van der Waals surface area (Å²) in [6.07, 6.45) is 1.62. The van der Waals surface area contributed by atoms with Gasteiger partial charge in [0.05, 0.1) is 31.2 Å². The SMILES string of the molecule is COc1ccc(OCCn2c(CN(C)C(=O)c3ccccn3)nc3ccccc32)cc1. The quantitative estimate of drug-likeness (QED) is 0.437. The van der Waals surface area contributed by atoms with Gasteiger partial charge in [-0.2, -0.15) is 0 Å². The molecule has 0 aliphatic heterocycles. The van der Waals surface area contributed by atoms with Crippen molar-refractivity contribution in [3.05, 3.63) is 84.4 Å². The molecule has 0 atom stereocenters. The molecule has 31 heavy (non-hydrogen) atoms. The molecule has 0 saturated heterocycles. The topological polar surface area (TPSA) is 69.5 Å². The molecule has 0 unspecified atom stereocenters. The number of hydrogen-bond acceptors (Lipinski definition) is 5. The van der Waals surface area contributed by atoms with Crippen molar-refractivity contribution in [1.29, 1.82) is 0 Å². The number of imidazole rings is 1. The third-order valence-corrected chi connectivity index (χ3v) is 4.99. The number of hydrogen-bond donors (Lipinski definition) is 0. The van der Waals surface area contributed by atoms with Gasteiger partial charge in [-0.05, 0) is 48.5 Å². The van der Waals surface area contributed by atoms with E-state index in [-0.39, 0.29) is 5.91 Å². The van der Waals surface area contributed by atoms with Crippen LogP contribution in [0.4, 0.5) is 0 Å². The van der Waals surface area contributed by atoms with Crippen LogP contribution in [0, 0.1) is 0 Å². The van der Waals surface area contributed by atoms with Crippen LogP contribution in [0.15, 0.2) is 72.9 Å². The Kier molecular flexibility index (Phi) is 6.12. The fourth-order valence-corrected chi connectivity index (χ4v) is 3.39. The van der Waals surface area contributed by atoms with Crippen LogP contribution in [-0.4, -0.2) is 46.1 Å². The molecular formula is C24H24N4O3. The number of ether oxygens (including phenoxy) is 2. The van der Waals surface area contributed by atoms with Crippen LogP contribution in [0.2, 0.25) is 0 Å². The van der Waals surface area contributed by atoms with E-state index in [0.717, 1.165) is 28.4 Å². The Bertz CT molecular complexity index is 1160. The lowest BCUT2D eigenvalue weighted by molar-refractivity contribution is 0.0774. The summed E-state index contributed by atoms with van der Waals surface area (Å²) in [5, 5.41) is 0. The lowest BCUT2D eigenvalue weighted by Gasteiger charge is -2.18. The maximum absolute atomic E-state index is 12.7. The van der Waals surface area contributed by atoms with Crippen molar-refractivity contribution in [3.63, 3.8) is 0 Å². The molecule has 158 valence electrons. The molecule has 0 radical (unpaired) electrons. The first-order valence-electron chi connectivity index (χ1n) is 10.0. The van der Waals surface area contributed by atoms with Gasteiger partial charge in [0, 0.05) is 13.2 Å². The highest BCUT2D eigenvalue weighted by atomic mass is 16.5. The maximum atomic E-state index is 12.7. The minimum absolute atomic E-state index is 0.145. The molecule has 0 saturated carbocycles. The molecule has 4 aromatic rings. The Labute approximate surface area is 180 Å². The van der Waals surface area contributed by atoms with E-state index in [1.165, 1.54) is 0 Å². The minimum atomic E-state index is -0.145. The molecule has 0 fully saturated rings. The zero-order valence-corrected chi connectivity index (χ0v) is 17.6. The molecule has 2 heterocycles. The predicted octanol–water partition coefficient (Wildman–Crippen LogP) is 3.79. The third kappa shape index (κ3) is 4.66. The van der Waals surface area contributed by atoms with E-state index in [9.17, 15) is 4.79 Å². The second kappa shape index (κ2) is 9.30. The first kappa shape index (κ1) is 20.4. The average molecular weight is 416 g/mol. The fraction of sp³-hybridized carbons (Fsp3) is 0.208. The van der Waals surface area contributed by atoms with Gasteiger partial charge in [-0.25, -0.2) is 4.98 Å². The van der Waals surface area contributed by atoms with Crippen molar-refractivity contribution in [2.75, 3.05) is 20.8 Å². The Balaban J connectivity index is 1.50. The molecular weight excluding hydrogens is 392 g/mol. The van der Waals surface area contributed by atoms with Crippen LogP contribution in [0.25, 0.3) is 11.0 Å². The van der Waals surface area contributed by atoms with Crippen LogP contribution >= 0.6 is 0 Å². The molecule has 0 aliphatic carbocycles. The second-order valence-corrected chi connectivity index (χ2v) is 7.07. The van der Waals surface area contributed by atoms with Crippen LogP contribution in [0.3, 0.4) is 0 Å². The van der Waals surface area contributed by atoms with E-state index in [2.05, 4.69) is 9.55 Å². The number of methoxy groups -OCH3 is 1. The average Bonchev–Trinajstić information content (AvgIpc) is 3.16. The van der Waals surface area contributed by atoms with E-state index >= 15 is 0 Å². The van der Waals surface area contributed by atoms with Crippen molar-refractivity contribution >= 4 is 16.9 Å². The smallest absolute Gasteiger partial charge is 0.272 e. The molecule has 7 heteroatoms. The Morgan fingerprint density at radius 2 is 1.74 bits per heavy atom. The molecule has 0 spiro atoms. The van der Waals surface area contributed by atoms with E-state index in [1.54, 1.807) is 43.5 Å². The van der Waals surface area contributed by atoms with E-state index < -0.39 is 0 Å². The van der Waals surface area contributed by atoms with Crippen molar-refractivity contribution in [2.24, 2.45) is 0 Å². The molecule has 7 nitrogen and oxygen atoms in total. The number of nitrogens with zero attached hydrogens (tertiary/aromatic N) is 4. The van der Waals surface area contributed by atoms with E-state index in [0.29, 0.717) is 25.4 Å². The number of rotatable bonds is 8. The van der Waals surface area contributed by atoms with Gasteiger partial charge >= 0.3 is 0 Å². The van der Waals surface area contributed by atoms with Gasteiger partial charge in [-0.15, -0.1) is 0 Å². The standard InChI is InChI=1S/C24H24N4O3/c1-27(24(29)21-8-5-6-14-25-21)17-23-26-20-7-3-4-9-22(20)28(23)15-16-31-19-12-10-18(30-2)11-13-19/h3-14H,15-17H2,1-2H3. The summed E-state index contributed by atoms with van der Waals surface area (Å²) in [6, 6.07) is 20.7. The number of amides is 1. The molecule has 4 rings (SSSR count). The van der Waals surface area contributed by atoms with Gasteiger partial charge in [0.2, 0.25) is 0 Å². The number of pyridine rings is 1. The van der Waals surface area contributed by atoms with Crippen molar-refractivity contribution in [2.45, 2.75) is 13.1 Å². The van der Waals surface area contributed by atoms with Gasteiger partial charge in [-0.3, -0.25) is 9.78 Å². The normalized spacial score (nSPS) is 10.8. The molecule has 0 bridgehead atoms. The zero-order chi connectivity index (χ0) is 21.6. The number of para-hydroxylation sites is 2. The Hall–Kier alpha value is -3.87. The number of benzene rings is 2. The molecule has 2 aromatic heterocycles. The van der Waals surface area contributed by atoms with Crippen molar-refractivity contribution in [3.8, 4) is 11.5 Å². The summed E-state index contributed by atoms with van der Waals surface area (Å²) < 4.78 is 13.2. The van der Waals surface area contributed by atoms with Gasteiger partial charge in [0.25, 0.3) is 5.91 Å². The monoisotopic (exact) mass is 416 g/mol. The first-order valence-corrected chi connectivity index (χ1v) is 10.0. The van der Waals surface area contributed by atoms with Gasteiger partial charge in [0.1, 0.15) is 29.6 Å². The molecule has 1 amide bonds. The largest absolute Gasteiger partial charge is 0.497 e. The summed E-state index contributed by atoms with van der Waals surface area (Å²) in [7, 11) is 3.39. The fourth-order valence-electron chi connectivity index (χ4n) is 3.39. The maximum Gasteiger partial charge on any atom is 0.272 e. The van der Waals surface area contributed by atoms with Crippen LogP contribution in [-0.2, 0) is 13.1 Å². The number of fused-ring (bicyclic) bond motifs is 1. The highest BCUT2D eigenvalue weighted by molar-refractivity contribution is 5.92. The first-order chi connectivity index (χ1) is 15.2. The van der Waals surface area contributed by atoms with Gasteiger partial charge in [-0.1, -0.05) is 18.2 Å². The van der Waals surface area contributed by atoms with Crippen LogP contribution in [0.1, 0.15) is 16.3 Å². The number of aromatic nitrogens is 3. The van der Waals surface area contributed by atoms with E-state index in [4.69, 9.17) is 14.5 Å². The summed E-state index contributed by atoms with van der Waals surface area (Å²) in [6.45, 7) is 1.44. The third-order valence-electron chi connectivity index (χ3n) is 4.99. The summed E-state index contributed by atoms with van der Waals surface area (Å²) in [5.41, 5.74) is 2.31. The number of carbonyl (C=O) groups excluding carboxylic acids is 1. The number of carbonyl (C=O) groups is 1.